The third-order valence-corrected chi connectivity index (χ3v) is 17.7. The fourth-order valence-corrected chi connectivity index (χ4v) is 12.3. The van der Waals surface area contributed by atoms with E-state index >= 15 is 0 Å². The number of aliphatic hydroxyl groups excluding tert-OH is 1. The van der Waals surface area contributed by atoms with E-state index in [1.54, 1.807) is 24.0 Å². The number of carbonyl (C=O) groups excluding carboxylic acids is 11. The van der Waals surface area contributed by atoms with Gasteiger partial charge in [0.1, 0.15) is 5.75 Å². The molecule has 1 aliphatic rings. The molecule has 1 saturated heterocycles. The van der Waals surface area contributed by atoms with E-state index in [0.717, 1.165) is 5.56 Å². The molecule has 0 radical (unpaired) electrons. The molecule has 1 fully saturated rings. The van der Waals surface area contributed by atoms with Crippen molar-refractivity contribution in [3.8, 4) is 5.75 Å². The van der Waals surface area contributed by atoms with Gasteiger partial charge in [0.05, 0.1) is 25.5 Å². The molecular weight excluding hydrogens is 1330 g/mol. The number of thiol groups is 1. The SMILES string of the molecule is CC[C@H](C)[C@@H](CC(=O)N[C@@H](CCCCN)CC(=O)N[C@@H](CCC(N)=O)CC(=O)N[C@H](CC(=O)N[C@@H](C)CC(=O)N[C@@H](CO)CC(=O)N[C@H](CC(=O)N1CCC[C@H]1CC(=O)O)Cc1ccccc1)CC(C)C)NC(=O)C[C@H](Cc1ccc(O)cc1)NC(=O)C[C@H](CC(=O)O)NC(=O)C[C@@H](N)CS. The number of aromatic hydroxyl groups is 1. The number of unbranched alkanes of at least 4 members (excludes halogenated alkanes) is 1. The Kier molecular flexibility index (Phi) is 40.3. The predicted octanol–water partition coefficient (Wildman–Crippen LogP) is 1.14. The van der Waals surface area contributed by atoms with Gasteiger partial charge in [-0.1, -0.05) is 83.0 Å². The number of rotatable bonds is 50. The molecule has 11 amide bonds. The van der Waals surface area contributed by atoms with E-state index in [1.165, 1.54) is 12.1 Å². The molecule has 2 aromatic rings. The van der Waals surface area contributed by atoms with Crippen molar-refractivity contribution in [2.75, 3.05) is 25.4 Å². The standard InChI is InChI=1S/C70H111N13O17S/c1-6-43(4)57(82-66(94)33-51(28-46-17-20-56(85)21-18-46)78-64(92)34-53(37-69(97)98)80-60(88)29-47(72)41-101)39-67(95)75-48(15-10-11-23-71)30-62(90)76-49(19-22-58(73)86)31-63(91)77-50(25-42(2)3)32-61(89)74-44(5)26-59(87)81-54(40-84)35-65(93)79-52(27-45-13-8-7-9-14-45)36-68(96)83-24-12-16-55(83)38-70(99)100/h7-9,13-14,17-18,20-21,42-44,47-55,57,84-85,101H,6,10-12,15-16,19,22-41,71-72H2,1-5H3,(H2,73,86)(H,74,89)(H,75,95)(H,76,90)(H,77,91)(H,78,92)(H,79,93)(H,80,88)(H,81,87)(H,82,94)(H,97,98)(H,99,100)/t43-,44-,47+,48-,49-,50-,51-,52-,53+,54+,55-,57+/m0/s1. The first-order valence-electron chi connectivity index (χ1n) is 35.0. The van der Waals surface area contributed by atoms with Gasteiger partial charge in [0, 0.05) is 143 Å². The number of amides is 11. The molecule has 19 N–H and O–H groups in total. The highest BCUT2D eigenvalue weighted by atomic mass is 32.1. The van der Waals surface area contributed by atoms with Crippen LogP contribution in [-0.4, -0.2) is 194 Å². The Morgan fingerprint density at radius 1 is 0.545 bits per heavy atom. The number of benzene rings is 2. The highest BCUT2D eigenvalue weighted by molar-refractivity contribution is 7.80. The lowest BCUT2D eigenvalue weighted by Gasteiger charge is -2.27. The molecule has 0 aliphatic carbocycles. The van der Waals surface area contributed by atoms with Crippen LogP contribution in [0, 0.1) is 11.8 Å². The number of primary amides is 1. The minimum atomic E-state index is -1.27. The van der Waals surface area contributed by atoms with Crippen molar-refractivity contribution in [1.82, 2.24) is 52.8 Å². The number of phenolic OH excluding ortho intramolecular Hbond substituents is 1. The molecule has 0 saturated carbocycles. The number of carboxylic acids is 2. The minimum Gasteiger partial charge on any atom is -0.508 e. The number of nitrogens with zero attached hydrogens (tertiary/aromatic N) is 1. The van der Waals surface area contributed by atoms with Crippen LogP contribution in [0.2, 0.25) is 0 Å². The van der Waals surface area contributed by atoms with Crippen molar-refractivity contribution in [3.63, 3.8) is 0 Å². The Hall–Kier alpha value is -8.42. The summed E-state index contributed by atoms with van der Waals surface area (Å²) in [6.45, 7) is 9.20. The van der Waals surface area contributed by atoms with Gasteiger partial charge in [-0.2, -0.15) is 12.6 Å². The Morgan fingerprint density at radius 3 is 1.57 bits per heavy atom. The van der Waals surface area contributed by atoms with E-state index < -0.39 is 157 Å². The number of hydrogen-bond donors (Lipinski definition) is 17. The van der Waals surface area contributed by atoms with Gasteiger partial charge in [-0.15, -0.1) is 0 Å². The molecule has 1 heterocycles. The average molecular weight is 1440 g/mol. The van der Waals surface area contributed by atoms with Crippen molar-refractivity contribution in [2.45, 2.75) is 249 Å². The van der Waals surface area contributed by atoms with Crippen LogP contribution in [0.4, 0.5) is 0 Å². The molecular formula is C70H111N13O17S. The van der Waals surface area contributed by atoms with Gasteiger partial charge < -0.3 is 90.4 Å². The molecule has 30 nitrogen and oxygen atoms in total. The van der Waals surface area contributed by atoms with Crippen LogP contribution in [0.5, 0.6) is 5.75 Å². The molecule has 12 atom stereocenters. The van der Waals surface area contributed by atoms with Crippen molar-refractivity contribution in [3.05, 3.63) is 65.7 Å². The second-order valence-electron chi connectivity index (χ2n) is 27.1. The number of likely N-dealkylation sites (tertiary alicyclic amines) is 1. The van der Waals surface area contributed by atoms with E-state index in [9.17, 15) is 82.8 Å². The van der Waals surface area contributed by atoms with Gasteiger partial charge in [0.25, 0.3) is 0 Å². The molecule has 3 rings (SSSR count). The van der Waals surface area contributed by atoms with Gasteiger partial charge in [0.2, 0.25) is 65.0 Å². The zero-order valence-electron chi connectivity index (χ0n) is 59.0. The van der Waals surface area contributed by atoms with E-state index in [1.807, 2.05) is 58.0 Å². The van der Waals surface area contributed by atoms with E-state index in [0.29, 0.717) is 63.6 Å². The van der Waals surface area contributed by atoms with Gasteiger partial charge in [0.15, 0.2) is 0 Å². The summed E-state index contributed by atoms with van der Waals surface area (Å²) in [5.41, 5.74) is 18.7. The molecule has 0 bridgehead atoms. The Balaban J connectivity index is 1.65. The number of aliphatic carboxylic acids is 2. The second-order valence-corrected chi connectivity index (χ2v) is 27.5. The van der Waals surface area contributed by atoms with Gasteiger partial charge in [-0.25, -0.2) is 0 Å². The van der Waals surface area contributed by atoms with E-state index in [4.69, 9.17) is 17.2 Å². The molecule has 1 aliphatic heterocycles. The van der Waals surface area contributed by atoms with Gasteiger partial charge in [-0.3, -0.25) is 62.3 Å². The largest absolute Gasteiger partial charge is 0.508 e. The van der Waals surface area contributed by atoms with Crippen molar-refractivity contribution in [1.29, 1.82) is 0 Å². The fourth-order valence-electron chi connectivity index (χ4n) is 12.1. The second kappa shape index (κ2) is 46.9. The molecule has 101 heavy (non-hydrogen) atoms. The number of carbonyl (C=O) groups is 13. The quantitative estimate of drug-likeness (QED) is 0.0326. The number of hydrogen-bond acceptors (Lipinski definition) is 18. The molecule has 0 spiro atoms. The first-order valence-corrected chi connectivity index (χ1v) is 35.6. The van der Waals surface area contributed by atoms with Crippen LogP contribution < -0.4 is 65.1 Å². The summed E-state index contributed by atoms with van der Waals surface area (Å²) in [6.07, 6.45) is 0.234. The lowest BCUT2D eigenvalue weighted by molar-refractivity contribution is -0.141. The van der Waals surface area contributed by atoms with Crippen molar-refractivity contribution >= 4 is 89.5 Å². The van der Waals surface area contributed by atoms with Crippen molar-refractivity contribution < 1.29 is 82.8 Å². The number of phenols is 1. The van der Waals surface area contributed by atoms with Crippen LogP contribution in [0.15, 0.2) is 54.6 Å². The third-order valence-electron chi connectivity index (χ3n) is 17.2. The Bertz CT molecular complexity index is 3000. The molecule has 564 valence electrons. The summed E-state index contributed by atoms with van der Waals surface area (Å²) in [5, 5.41) is 64.3. The minimum absolute atomic E-state index is 0.0158. The highest BCUT2D eigenvalue weighted by Crippen LogP contribution is 2.23. The summed E-state index contributed by atoms with van der Waals surface area (Å²) in [5.74, 6) is -8.42. The van der Waals surface area contributed by atoms with E-state index in [2.05, 4.69) is 60.5 Å². The summed E-state index contributed by atoms with van der Waals surface area (Å²) < 4.78 is 0. The maximum absolute atomic E-state index is 14.0. The van der Waals surface area contributed by atoms with Crippen molar-refractivity contribution in [2.24, 2.45) is 29.0 Å². The Morgan fingerprint density at radius 2 is 1.02 bits per heavy atom. The number of carboxylic acid groups (broad SMARTS) is 2. The number of nitrogens with two attached hydrogens (primary N) is 3. The number of aliphatic hydroxyl groups is 1. The zero-order valence-corrected chi connectivity index (χ0v) is 59.9. The maximum atomic E-state index is 14.0. The van der Waals surface area contributed by atoms with Crippen LogP contribution in [0.3, 0.4) is 0 Å². The van der Waals surface area contributed by atoms with Gasteiger partial charge in [-0.05, 0) is 99.9 Å². The van der Waals surface area contributed by atoms with Crippen LogP contribution in [-0.2, 0) is 75.2 Å². The summed E-state index contributed by atoms with van der Waals surface area (Å²) in [6, 6.07) is 6.57. The van der Waals surface area contributed by atoms with Crippen LogP contribution in [0.1, 0.15) is 181 Å². The average Bonchev–Trinajstić information content (AvgIpc) is 1.79. The monoisotopic (exact) mass is 1440 g/mol. The summed E-state index contributed by atoms with van der Waals surface area (Å²) >= 11 is 4.08. The molecule has 0 aromatic heterocycles. The lowest BCUT2D eigenvalue weighted by Crippen LogP contribution is -2.49. The smallest absolute Gasteiger partial charge is 0.305 e. The third kappa shape index (κ3) is 37.7. The fraction of sp³-hybridized carbons (Fsp3) is 0.643. The Labute approximate surface area is 597 Å². The summed E-state index contributed by atoms with van der Waals surface area (Å²) in [4.78, 5) is 173. The van der Waals surface area contributed by atoms with Gasteiger partial charge >= 0.3 is 11.9 Å². The number of nitrogens with one attached hydrogen (secondary N) is 9. The first-order chi connectivity index (χ1) is 47.8. The first kappa shape index (κ1) is 86.8. The highest BCUT2D eigenvalue weighted by Gasteiger charge is 2.34. The van der Waals surface area contributed by atoms with E-state index in [-0.39, 0.29) is 119 Å². The lowest BCUT2D eigenvalue weighted by atomic mass is 9.94. The normalized spacial score (nSPS) is 16.0. The zero-order chi connectivity index (χ0) is 75.1. The topological polar surface area (TPSA) is 492 Å². The predicted molar refractivity (Wildman–Crippen MR) is 380 cm³/mol. The van der Waals surface area contributed by atoms with Crippen LogP contribution in [0.25, 0.3) is 0 Å². The summed E-state index contributed by atoms with van der Waals surface area (Å²) in [7, 11) is 0. The molecule has 2 aromatic carbocycles. The molecule has 0 unspecified atom stereocenters. The van der Waals surface area contributed by atoms with Crippen LogP contribution >= 0.6 is 12.6 Å². The molecule has 31 heteroatoms. The maximum Gasteiger partial charge on any atom is 0.305 e.